The van der Waals surface area contributed by atoms with Gasteiger partial charge in [0.25, 0.3) is 0 Å². The highest BCUT2D eigenvalue weighted by Crippen LogP contribution is 2.40. The Morgan fingerprint density at radius 3 is 2.31 bits per heavy atom. The van der Waals surface area contributed by atoms with Crippen LogP contribution in [0, 0.1) is 23.7 Å². The Morgan fingerprint density at radius 1 is 1.38 bits per heavy atom. The molecule has 2 heteroatoms. The minimum absolute atomic E-state index is 0.383. The van der Waals surface area contributed by atoms with Gasteiger partial charge in [0.05, 0.1) is 0 Å². The van der Waals surface area contributed by atoms with Crippen LogP contribution in [-0.4, -0.2) is 23.9 Å². The van der Waals surface area contributed by atoms with E-state index in [0.29, 0.717) is 17.7 Å². The van der Waals surface area contributed by atoms with Gasteiger partial charge in [0, 0.05) is 19.0 Å². The predicted octanol–water partition coefficient (Wildman–Crippen LogP) is 1.76. The van der Waals surface area contributed by atoms with Crippen LogP contribution < -0.4 is 0 Å². The zero-order valence-corrected chi connectivity index (χ0v) is 8.79. The Balaban J connectivity index is 1.77. The summed E-state index contributed by atoms with van der Waals surface area (Å²) in [5.74, 6) is 2.96. The van der Waals surface area contributed by atoms with Gasteiger partial charge in [0.1, 0.15) is 0 Å². The van der Waals surface area contributed by atoms with E-state index in [1.54, 1.807) is 0 Å². The summed E-state index contributed by atoms with van der Waals surface area (Å²) >= 11 is 0. The lowest BCUT2D eigenvalue weighted by Gasteiger charge is -2.41. The third kappa shape index (κ3) is 1.59. The maximum atomic E-state index is 11.7. The van der Waals surface area contributed by atoms with E-state index < -0.39 is 0 Å². The smallest absolute Gasteiger partial charge is 0.225 e. The van der Waals surface area contributed by atoms with E-state index in [4.69, 9.17) is 0 Å². The summed E-state index contributed by atoms with van der Waals surface area (Å²) in [6.45, 7) is 8.68. The second-order valence-corrected chi connectivity index (χ2v) is 5.07. The second-order valence-electron chi connectivity index (χ2n) is 5.07. The summed E-state index contributed by atoms with van der Waals surface area (Å²) < 4.78 is 0. The monoisotopic (exact) mass is 181 g/mol. The topological polar surface area (TPSA) is 20.3 Å². The van der Waals surface area contributed by atoms with E-state index in [1.807, 2.05) is 4.90 Å². The van der Waals surface area contributed by atoms with Gasteiger partial charge in [-0.2, -0.15) is 0 Å². The van der Waals surface area contributed by atoms with Crippen molar-refractivity contribution in [3.05, 3.63) is 0 Å². The zero-order valence-electron chi connectivity index (χ0n) is 8.79. The first-order valence-corrected chi connectivity index (χ1v) is 5.38. The van der Waals surface area contributed by atoms with Crippen molar-refractivity contribution in [2.45, 2.75) is 27.2 Å². The molecular formula is C11H19NO. The highest BCUT2D eigenvalue weighted by Gasteiger charge is 2.44. The van der Waals surface area contributed by atoms with Crippen molar-refractivity contribution in [1.29, 1.82) is 0 Å². The first-order chi connectivity index (χ1) is 6.09. The van der Waals surface area contributed by atoms with Crippen LogP contribution in [0.25, 0.3) is 0 Å². The van der Waals surface area contributed by atoms with Crippen LogP contribution in [0.4, 0.5) is 0 Å². The van der Waals surface area contributed by atoms with Crippen molar-refractivity contribution < 1.29 is 4.79 Å². The fourth-order valence-electron chi connectivity index (χ4n) is 2.01. The SMILES string of the molecule is CC(C)C1CN(C(=O)C2CC2C)C1. The molecule has 0 bridgehead atoms. The van der Waals surface area contributed by atoms with E-state index in [1.165, 1.54) is 0 Å². The van der Waals surface area contributed by atoms with Crippen molar-refractivity contribution in [2.75, 3.05) is 13.1 Å². The molecule has 2 unspecified atom stereocenters. The van der Waals surface area contributed by atoms with Crippen LogP contribution >= 0.6 is 0 Å². The van der Waals surface area contributed by atoms with Crippen LogP contribution in [-0.2, 0) is 4.79 Å². The van der Waals surface area contributed by atoms with Gasteiger partial charge in [-0.25, -0.2) is 0 Å². The Bertz CT molecular complexity index is 218. The van der Waals surface area contributed by atoms with Crippen molar-refractivity contribution in [3.8, 4) is 0 Å². The normalized spacial score (nSPS) is 33.4. The molecule has 2 fully saturated rings. The van der Waals surface area contributed by atoms with Crippen LogP contribution in [0.5, 0.6) is 0 Å². The van der Waals surface area contributed by atoms with Gasteiger partial charge in [0.2, 0.25) is 5.91 Å². The van der Waals surface area contributed by atoms with Crippen LogP contribution in [0.2, 0.25) is 0 Å². The molecule has 0 spiro atoms. The summed E-state index contributed by atoms with van der Waals surface area (Å²) in [6.07, 6.45) is 1.13. The summed E-state index contributed by atoms with van der Waals surface area (Å²) in [6, 6.07) is 0. The molecule has 1 aliphatic heterocycles. The minimum atomic E-state index is 0.383. The second kappa shape index (κ2) is 3.00. The maximum Gasteiger partial charge on any atom is 0.225 e. The molecule has 2 nitrogen and oxygen atoms in total. The van der Waals surface area contributed by atoms with Crippen molar-refractivity contribution in [1.82, 2.24) is 4.90 Å². The highest BCUT2D eigenvalue weighted by molar-refractivity contribution is 5.82. The number of likely N-dealkylation sites (tertiary alicyclic amines) is 1. The van der Waals surface area contributed by atoms with E-state index in [9.17, 15) is 4.79 Å². The average molecular weight is 181 g/mol. The lowest BCUT2D eigenvalue weighted by molar-refractivity contribution is -0.140. The summed E-state index contributed by atoms with van der Waals surface area (Å²) in [5.41, 5.74) is 0. The largest absolute Gasteiger partial charge is 0.342 e. The number of carbonyl (C=O) groups is 1. The lowest BCUT2D eigenvalue weighted by Crippen LogP contribution is -2.52. The van der Waals surface area contributed by atoms with Crippen LogP contribution in [0.1, 0.15) is 27.2 Å². The van der Waals surface area contributed by atoms with Gasteiger partial charge in [-0.1, -0.05) is 20.8 Å². The molecule has 2 aliphatic rings. The molecular weight excluding hydrogens is 162 g/mol. The fourth-order valence-corrected chi connectivity index (χ4v) is 2.01. The van der Waals surface area contributed by atoms with Crippen LogP contribution in [0.3, 0.4) is 0 Å². The van der Waals surface area contributed by atoms with Gasteiger partial charge in [-0.3, -0.25) is 4.79 Å². The molecule has 74 valence electrons. The third-order valence-corrected chi connectivity index (χ3v) is 3.59. The summed E-state index contributed by atoms with van der Waals surface area (Å²) in [4.78, 5) is 13.7. The molecule has 0 N–H and O–H groups in total. The van der Waals surface area contributed by atoms with Gasteiger partial charge >= 0.3 is 0 Å². The number of hydrogen-bond donors (Lipinski definition) is 0. The van der Waals surface area contributed by atoms with Gasteiger partial charge in [0.15, 0.2) is 0 Å². The first-order valence-electron chi connectivity index (χ1n) is 5.38. The number of hydrogen-bond acceptors (Lipinski definition) is 1. The molecule has 0 aromatic rings. The molecule has 2 atom stereocenters. The zero-order chi connectivity index (χ0) is 9.59. The third-order valence-electron chi connectivity index (χ3n) is 3.59. The number of amides is 1. The Morgan fingerprint density at radius 2 is 1.92 bits per heavy atom. The maximum absolute atomic E-state index is 11.7. The molecule has 1 heterocycles. The van der Waals surface area contributed by atoms with Crippen LogP contribution in [0.15, 0.2) is 0 Å². The highest BCUT2D eigenvalue weighted by atomic mass is 16.2. The molecule has 1 amide bonds. The summed E-state index contributed by atoms with van der Waals surface area (Å²) in [5, 5.41) is 0. The molecule has 2 rings (SSSR count). The minimum Gasteiger partial charge on any atom is -0.342 e. The Kier molecular flexibility index (Phi) is 2.09. The fraction of sp³-hybridized carbons (Fsp3) is 0.909. The van der Waals surface area contributed by atoms with E-state index >= 15 is 0 Å². The molecule has 0 aromatic carbocycles. The van der Waals surface area contributed by atoms with E-state index in [2.05, 4.69) is 20.8 Å². The molecule has 13 heavy (non-hydrogen) atoms. The predicted molar refractivity (Wildman–Crippen MR) is 52.2 cm³/mol. The lowest BCUT2D eigenvalue weighted by atomic mass is 9.88. The molecule has 0 aromatic heterocycles. The Labute approximate surface area is 80.3 Å². The van der Waals surface area contributed by atoms with Crippen molar-refractivity contribution in [3.63, 3.8) is 0 Å². The first kappa shape index (κ1) is 9.04. The standard InChI is InChI=1S/C11H19NO/c1-7(2)9-5-12(6-9)11(13)10-4-8(10)3/h7-10H,4-6H2,1-3H3. The quantitative estimate of drug-likeness (QED) is 0.635. The van der Waals surface area contributed by atoms with E-state index in [-0.39, 0.29) is 0 Å². The van der Waals surface area contributed by atoms with Crippen molar-refractivity contribution >= 4 is 5.91 Å². The van der Waals surface area contributed by atoms with Gasteiger partial charge in [-0.15, -0.1) is 0 Å². The Hall–Kier alpha value is -0.530. The summed E-state index contributed by atoms with van der Waals surface area (Å²) in [7, 11) is 0. The molecule has 1 aliphatic carbocycles. The van der Waals surface area contributed by atoms with Gasteiger partial charge < -0.3 is 4.90 Å². The molecule has 1 saturated carbocycles. The number of nitrogens with zero attached hydrogens (tertiary/aromatic N) is 1. The van der Waals surface area contributed by atoms with Gasteiger partial charge in [-0.05, 0) is 24.2 Å². The van der Waals surface area contributed by atoms with Crippen molar-refractivity contribution in [2.24, 2.45) is 23.7 Å². The number of rotatable bonds is 2. The van der Waals surface area contributed by atoms with E-state index in [0.717, 1.165) is 31.3 Å². The average Bonchev–Trinajstić information content (AvgIpc) is 2.62. The molecule has 0 radical (unpaired) electrons. The molecule has 1 saturated heterocycles. The number of carbonyl (C=O) groups excluding carboxylic acids is 1.